The van der Waals surface area contributed by atoms with E-state index in [2.05, 4.69) is 15.5 Å². The van der Waals surface area contributed by atoms with Crippen LogP contribution in [0.2, 0.25) is 0 Å². The second kappa shape index (κ2) is 4.42. The number of hydrogen-bond acceptors (Lipinski definition) is 3. The Labute approximate surface area is 88.7 Å². The summed E-state index contributed by atoms with van der Waals surface area (Å²) < 4.78 is 7.10. The van der Waals surface area contributed by atoms with Gasteiger partial charge in [0.1, 0.15) is 5.82 Å². The molecule has 4 heteroatoms. The molecule has 0 atom stereocenters. The molecule has 2 aromatic rings. The van der Waals surface area contributed by atoms with Crippen LogP contribution in [0.1, 0.15) is 11.4 Å². The van der Waals surface area contributed by atoms with E-state index in [-0.39, 0.29) is 0 Å². The Kier molecular flexibility index (Phi) is 2.99. The summed E-state index contributed by atoms with van der Waals surface area (Å²) in [6.45, 7) is 1.26. The number of ether oxygens (including phenoxy) is 1. The molecular weight excluding hydrogens is 190 g/mol. The minimum Gasteiger partial charge on any atom is -0.384 e. The van der Waals surface area contributed by atoms with Crippen LogP contribution in [0, 0.1) is 0 Å². The first-order valence-electron chi connectivity index (χ1n) is 4.99. The lowest BCUT2D eigenvalue weighted by molar-refractivity contribution is 0.200. The number of nitrogens with zero attached hydrogens (tertiary/aromatic N) is 2. The van der Waals surface area contributed by atoms with Crippen LogP contribution in [0.5, 0.6) is 0 Å². The van der Waals surface area contributed by atoms with E-state index in [9.17, 15) is 0 Å². The van der Waals surface area contributed by atoms with Crippen LogP contribution in [-0.4, -0.2) is 23.1 Å². The van der Waals surface area contributed by atoms with Crippen molar-refractivity contribution in [3.63, 3.8) is 0 Å². The van der Waals surface area contributed by atoms with E-state index < -0.39 is 0 Å². The quantitative estimate of drug-likeness (QED) is 0.809. The summed E-state index contributed by atoms with van der Waals surface area (Å²) in [5.74, 6) is 1.02. The van der Waals surface area contributed by atoms with Gasteiger partial charge in [-0.2, -0.15) is 0 Å². The van der Waals surface area contributed by atoms with Crippen molar-refractivity contribution in [1.82, 2.24) is 9.38 Å². The minimum atomic E-state index is 0.565. The first-order valence-corrected chi connectivity index (χ1v) is 4.99. The molecule has 4 nitrogen and oxygen atoms in total. The highest BCUT2D eigenvalue weighted by Gasteiger charge is 2.03. The van der Waals surface area contributed by atoms with Crippen LogP contribution in [0.3, 0.4) is 0 Å². The minimum absolute atomic E-state index is 0.565. The molecule has 0 aliphatic heterocycles. The normalized spacial score (nSPS) is 11.1. The highest BCUT2D eigenvalue weighted by atomic mass is 16.5. The molecule has 0 saturated carbocycles. The maximum Gasteiger partial charge on any atom is 0.115 e. The van der Waals surface area contributed by atoms with Gasteiger partial charge in [-0.15, -0.1) is 0 Å². The van der Waals surface area contributed by atoms with Gasteiger partial charge in [0.15, 0.2) is 0 Å². The molecule has 15 heavy (non-hydrogen) atoms. The van der Waals surface area contributed by atoms with Gasteiger partial charge in [0.05, 0.1) is 18.3 Å². The van der Waals surface area contributed by atoms with Gasteiger partial charge >= 0.3 is 0 Å². The van der Waals surface area contributed by atoms with Crippen LogP contribution in [0.15, 0.2) is 24.5 Å². The van der Waals surface area contributed by atoms with E-state index in [4.69, 9.17) is 10.5 Å². The monoisotopic (exact) mass is 205 g/mol. The maximum atomic E-state index is 5.58. The van der Waals surface area contributed by atoms with E-state index in [1.165, 1.54) is 0 Å². The summed E-state index contributed by atoms with van der Waals surface area (Å²) >= 11 is 0. The molecule has 0 saturated heterocycles. The number of imidazole rings is 1. The SMILES string of the molecule is COCCc1ncc2cc(CN)ccn12. The van der Waals surface area contributed by atoms with E-state index in [1.54, 1.807) is 7.11 Å². The Morgan fingerprint density at radius 2 is 2.40 bits per heavy atom. The molecule has 0 bridgehead atoms. The molecule has 2 N–H and O–H groups in total. The maximum absolute atomic E-state index is 5.58. The zero-order valence-corrected chi connectivity index (χ0v) is 8.81. The Hall–Kier alpha value is -1.39. The zero-order valence-electron chi connectivity index (χ0n) is 8.81. The third kappa shape index (κ3) is 2.00. The highest BCUT2D eigenvalue weighted by Crippen LogP contribution is 2.10. The summed E-state index contributed by atoms with van der Waals surface area (Å²) in [4.78, 5) is 4.35. The van der Waals surface area contributed by atoms with E-state index >= 15 is 0 Å². The molecule has 2 heterocycles. The molecule has 0 aliphatic carbocycles. The van der Waals surface area contributed by atoms with Crippen molar-refractivity contribution in [3.05, 3.63) is 35.9 Å². The Bertz CT molecular complexity index is 450. The fourth-order valence-electron chi connectivity index (χ4n) is 1.61. The fourth-order valence-corrected chi connectivity index (χ4v) is 1.61. The molecule has 2 rings (SSSR count). The van der Waals surface area contributed by atoms with E-state index in [0.29, 0.717) is 13.2 Å². The third-order valence-corrected chi connectivity index (χ3v) is 2.44. The molecule has 0 amide bonds. The summed E-state index contributed by atoms with van der Waals surface area (Å²) in [6.07, 6.45) is 4.70. The van der Waals surface area contributed by atoms with E-state index in [0.717, 1.165) is 23.3 Å². The number of hydrogen-bond donors (Lipinski definition) is 1. The highest BCUT2D eigenvalue weighted by molar-refractivity contribution is 5.48. The van der Waals surface area contributed by atoms with Crippen LogP contribution >= 0.6 is 0 Å². The van der Waals surface area contributed by atoms with Crippen molar-refractivity contribution in [2.75, 3.05) is 13.7 Å². The first kappa shape index (κ1) is 10.1. The summed E-state index contributed by atoms with van der Waals surface area (Å²) in [5.41, 5.74) is 7.79. The standard InChI is InChI=1S/C11H15N3O/c1-15-5-3-11-13-8-10-6-9(7-12)2-4-14(10)11/h2,4,6,8H,3,5,7,12H2,1H3. The van der Waals surface area contributed by atoms with Crippen LogP contribution in [0.25, 0.3) is 5.52 Å². The van der Waals surface area contributed by atoms with Crippen molar-refractivity contribution in [1.29, 1.82) is 0 Å². The summed E-state index contributed by atoms with van der Waals surface area (Å²) in [7, 11) is 1.70. The number of fused-ring (bicyclic) bond motifs is 1. The molecule has 80 valence electrons. The van der Waals surface area contributed by atoms with Crippen molar-refractivity contribution >= 4 is 5.52 Å². The van der Waals surface area contributed by atoms with Gasteiger partial charge in [-0.1, -0.05) is 0 Å². The average Bonchev–Trinajstić information content (AvgIpc) is 2.68. The van der Waals surface area contributed by atoms with Crippen LogP contribution < -0.4 is 5.73 Å². The molecular formula is C11H15N3O. The van der Waals surface area contributed by atoms with Crippen molar-refractivity contribution < 1.29 is 4.74 Å². The molecule has 0 aromatic carbocycles. The second-order valence-corrected chi connectivity index (χ2v) is 3.45. The lowest BCUT2D eigenvalue weighted by Crippen LogP contribution is -2.01. The van der Waals surface area contributed by atoms with Crippen LogP contribution in [0.4, 0.5) is 0 Å². The van der Waals surface area contributed by atoms with Crippen molar-refractivity contribution in [3.8, 4) is 0 Å². The predicted molar refractivity (Wildman–Crippen MR) is 58.7 cm³/mol. The van der Waals surface area contributed by atoms with Gasteiger partial charge in [-0.25, -0.2) is 4.98 Å². The topological polar surface area (TPSA) is 52.5 Å². The number of pyridine rings is 1. The largest absolute Gasteiger partial charge is 0.384 e. The van der Waals surface area contributed by atoms with Gasteiger partial charge in [0, 0.05) is 26.3 Å². The number of methoxy groups -OCH3 is 1. The Morgan fingerprint density at radius 3 is 3.13 bits per heavy atom. The number of rotatable bonds is 4. The lowest BCUT2D eigenvalue weighted by Gasteiger charge is -2.02. The Balaban J connectivity index is 2.34. The van der Waals surface area contributed by atoms with Crippen LogP contribution in [-0.2, 0) is 17.7 Å². The molecule has 0 unspecified atom stereocenters. The lowest BCUT2D eigenvalue weighted by atomic mass is 10.2. The summed E-state index contributed by atoms with van der Waals surface area (Å²) in [6, 6.07) is 4.08. The number of aromatic nitrogens is 2. The molecule has 0 fully saturated rings. The molecule has 0 spiro atoms. The first-order chi connectivity index (χ1) is 7.35. The van der Waals surface area contributed by atoms with Gasteiger partial charge in [0.25, 0.3) is 0 Å². The van der Waals surface area contributed by atoms with Crippen molar-refractivity contribution in [2.45, 2.75) is 13.0 Å². The summed E-state index contributed by atoms with van der Waals surface area (Å²) in [5, 5.41) is 0. The van der Waals surface area contributed by atoms with Crippen molar-refractivity contribution in [2.24, 2.45) is 5.73 Å². The van der Waals surface area contributed by atoms with Gasteiger partial charge in [-0.3, -0.25) is 0 Å². The van der Waals surface area contributed by atoms with Gasteiger partial charge < -0.3 is 14.9 Å². The average molecular weight is 205 g/mol. The molecule has 2 aromatic heterocycles. The Morgan fingerprint density at radius 1 is 1.53 bits per heavy atom. The smallest absolute Gasteiger partial charge is 0.115 e. The zero-order chi connectivity index (χ0) is 10.7. The van der Waals surface area contributed by atoms with Gasteiger partial charge in [-0.05, 0) is 17.7 Å². The number of nitrogens with two attached hydrogens (primary N) is 1. The van der Waals surface area contributed by atoms with E-state index in [1.807, 2.05) is 18.5 Å². The predicted octanol–water partition coefficient (Wildman–Crippen LogP) is 0.982. The molecule has 0 aliphatic rings. The molecule has 0 radical (unpaired) electrons. The third-order valence-electron chi connectivity index (χ3n) is 2.44. The van der Waals surface area contributed by atoms with Gasteiger partial charge in [0.2, 0.25) is 0 Å². The fraction of sp³-hybridized carbons (Fsp3) is 0.364. The second-order valence-electron chi connectivity index (χ2n) is 3.45.